The largest absolute Gasteiger partial charge is 0.870 e. The number of pyridine rings is 1. The molecule has 0 saturated carbocycles. The summed E-state index contributed by atoms with van der Waals surface area (Å²) in [7, 11) is 0. The van der Waals surface area contributed by atoms with Crippen molar-refractivity contribution in [1.82, 2.24) is 9.97 Å². The second-order valence-electron chi connectivity index (χ2n) is 6.31. The number of hydrogen-bond acceptors (Lipinski definition) is 6. The first-order valence-electron chi connectivity index (χ1n) is 8.83. The molecule has 7 nitrogen and oxygen atoms in total. The number of nitrogens with one attached hydrogen (secondary N) is 1. The molecular formula is C21H19N5O2. The highest BCUT2D eigenvalue weighted by atomic mass is 16.3. The van der Waals surface area contributed by atoms with Gasteiger partial charge in [0.25, 0.3) is 0 Å². The molecule has 1 aliphatic rings. The predicted molar refractivity (Wildman–Crippen MR) is 106 cm³/mol. The second-order valence-corrected chi connectivity index (χ2v) is 6.31. The van der Waals surface area contributed by atoms with Crippen LogP contribution in [-0.2, 0) is 0 Å². The molecule has 0 spiro atoms. The number of H-pyrrole nitrogens is 1. The van der Waals surface area contributed by atoms with Crippen molar-refractivity contribution in [1.29, 1.82) is 0 Å². The number of hydrogen-bond donors (Lipinski definition) is 0. The first-order valence-corrected chi connectivity index (χ1v) is 8.83. The van der Waals surface area contributed by atoms with Crippen LogP contribution in [0.5, 0.6) is 0 Å². The van der Waals surface area contributed by atoms with Gasteiger partial charge in [-0.2, -0.15) is 0 Å². The average molecular weight is 373 g/mol. The van der Waals surface area contributed by atoms with Crippen LogP contribution >= 0.6 is 0 Å². The molecule has 0 atom stereocenters. The number of anilines is 1. The molecule has 4 rings (SSSR count). The number of aromatic nitrogens is 3. The summed E-state index contributed by atoms with van der Waals surface area (Å²) in [4.78, 5) is 24.8. The minimum Gasteiger partial charge on any atom is -0.870 e. The monoisotopic (exact) mass is 373 g/mol. The van der Waals surface area contributed by atoms with Gasteiger partial charge >= 0.3 is 5.82 Å². The highest BCUT2D eigenvalue weighted by Crippen LogP contribution is 2.26. The minimum atomic E-state index is 0. The summed E-state index contributed by atoms with van der Waals surface area (Å²) in [5, 5.41) is 3.10. The number of piperidine rings is 1. The van der Waals surface area contributed by atoms with Crippen LogP contribution < -0.4 is 9.88 Å². The van der Waals surface area contributed by atoms with Gasteiger partial charge < -0.3 is 5.48 Å². The zero-order valence-corrected chi connectivity index (χ0v) is 15.2. The zero-order valence-electron chi connectivity index (χ0n) is 15.2. The highest BCUT2D eigenvalue weighted by molar-refractivity contribution is 5.75. The van der Waals surface area contributed by atoms with E-state index in [0.29, 0.717) is 5.69 Å². The van der Waals surface area contributed by atoms with E-state index in [0.717, 1.165) is 48.3 Å². The number of fused-ring (bicyclic) bond motifs is 1. The Hall–Kier alpha value is -3.63. The third-order valence-corrected chi connectivity index (χ3v) is 4.60. The molecule has 0 amide bonds. The van der Waals surface area contributed by atoms with Crippen molar-refractivity contribution in [2.24, 2.45) is 5.18 Å². The molecule has 1 fully saturated rings. The number of nitroso groups, excluding NO2 is 1. The van der Waals surface area contributed by atoms with Gasteiger partial charge in [-0.15, -0.1) is 4.91 Å². The third-order valence-electron chi connectivity index (χ3n) is 4.60. The van der Waals surface area contributed by atoms with Crippen LogP contribution in [0.25, 0.3) is 11.0 Å². The lowest BCUT2D eigenvalue weighted by molar-refractivity contribution is -0.363. The summed E-state index contributed by atoms with van der Waals surface area (Å²) >= 11 is 0. The summed E-state index contributed by atoms with van der Waals surface area (Å²) in [6.45, 7) is 1.67. The van der Waals surface area contributed by atoms with E-state index in [2.05, 4.69) is 36.9 Å². The third kappa shape index (κ3) is 4.19. The summed E-state index contributed by atoms with van der Waals surface area (Å²) < 4.78 is 0. The summed E-state index contributed by atoms with van der Waals surface area (Å²) in [6.07, 6.45) is 9.02. The normalized spacial score (nSPS) is 13.3. The summed E-state index contributed by atoms with van der Waals surface area (Å²) in [5.41, 5.74) is 4.41. The summed E-state index contributed by atoms with van der Waals surface area (Å²) in [6, 6.07) is 9.36. The minimum absolute atomic E-state index is 0. The maximum absolute atomic E-state index is 11.0. The van der Waals surface area contributed by atoms with Crippen LogP contribution in [0.1, 0.15) is 18.4 Å². The first-order chi connectivity index (χ1) is 13.3. The Bertz CT molecular complexity index is 1070. The molecule has 0 bridgehead atoms. The van der Waals surface area contributed by atoms with E-state index in [4.69, 9.17) is 0 Å². The molecule has 2 aromatic heterocycles. The van der Waals surface area contributed by atoms with Crippen LogP contribution in [0.15, 0.2) is 65.7 Å². The van der Waals surface area contributed by atoms with Crippen molar-refractivity contribution in [2.45, 2.75) is 12.8 Å². The average Bonchev–Trinajstić information content (AvgIpc) is 2.74. The fourth-order valence-electron chi connectivity index (χ4n) is 3.17. The number of benzene rings is 1. The fourth-order valence-corrected chi connectivity index (χ4v) is 3.17. The molecule has 1 aromatic carbocycles. The fraction of sp³-hybridized carbons (Fsp3) is 0.190. The van der Waals surface area contributed by atoms with Crippen LogP contribution in [0, 0.1) is 16.7 Å². The van der Waals surface area contributed by atoms with Gasteiger partial charge in [-0.3, -0.25) is 14.9 Å². The Morgan fingerprint density at radius 3 is 2.68 bits per heavy atom. The van der Waals surface area contributed by atoms with Crippen LogP contribution in [0.4, 0.5) is 11.5 Å². The Balaban J connectivity index is 0.00000225. The van der Waals surface area contributed by atoms with Crippen LogP contribution in [0.2, 0.25) is 0 Å². The van der Waals surface area contributed by atoms with Crippen molar-refractivity contribution in [3.05, 3.63) is 71.0 Å². The lowest BCUT2D eigenvalue weighted by Crippen LogP contribution is -2.34. The van der Waals surface area contributed by atoms with E-state index in [9.17, 15) is 4.91 Å². The van der Waals surface area contributed by atoms with E-state index in [-0.39, 0.29) is 5.48 Å². The summed E-state index contributed by atoms with van der Waals surface area (Å²) in [5.74, 6) is 7.12. The van der Waals surface area contributed by atoms with E-state index < -0.39 is 0 Å². The predicted octanol–water partition coefficient (Wildman–Crippen LogP) is 3.24. The number of nitrogens with zero attached hydrogens (tertiary/aromatic N) is 4. The van der Waals surface area contributed by atoms with Gasteiger partial charge in [0.15, 0.2) is 5.69 Å². The Kier molecular flexibility index (Phi) is 6.04. The molecule has 3 heterocycles. The highest BCUT2D eigenvalue weighted by Gasteiger charge is 2.24. The smallest absolute Gasteiger partial charge is 0.304 e. The Morgan fingerprint density at radius 1 is 1.11 bits per heavy atom. The first kappa shape index (κ1) is 19.1. The van der Waals surface area contributed by atoms with Crippen molar-refractivity contribution >= 4 is 22.5 Å². The van der Waals surface area contributed by atoms with Gasteiger partial charge in [-0.1, -0.05) is 17.4 Å². The SMILES string of the molecule is O=Nc1ccc[nH+]c1N1CCC(=CC#Cc2ccc3nccnc3c2)CC1.[OH-]. The zero-order chi connectivity index (χ0) is 18.5. The quantitative estimate of drug-likeness (QED) is 0.507. The van der Waals surface area contributed by atoms with Gasteiger partial charge in [0, 0.05) is 30.8 Å². The van der Waals surface area contributed by atoms with Crippen molar-refractivity contribution in [3.8, 4) is 11.8 Å². The van der Waals surface area contributed by atoms with Crippen molar-refractivity contribution < 1.29 is 10.5 Å². The van der Waals surface area contributed by atoms with Crippen molar-refractivity contribution in [3.63, 3.8) is 0 Å². The lowest BCUT2D eigenvalue weighted by Gasteiger charge is -2.23. The number of rotatable bonds is 2. The molecule has 3 aromatic rings. The molecule has 1 saturated heterocycles. The molecular weight excluding hydrogens is 354 g/mol. The topological polar surface area (TPSA) is 103 Å². The molecule has 0 aliphatic carbocycles. The molecule has 140 valence electrons. The number of allylic oxidation sites excluding steroid dienone is 1. The van der Waals surface area contributed by atoms with E-state index in [1.807, 2.05) is 30.5 Å². The van der Waals surface area contributed by atoms with Gasteiger partial charge in [0.05, 0.1) is 30.3 Å². The standard InChI is InChI=1S/C21H17N5O.H2O/c27-25-19-5-2-10-24-21(19)26-13-8-16(9-14-26)3-1-4-17-6-7-18-20(15-17)23-12-11-22-18;/h2-3,5-7,10-12,15H,8-9,13-14H2;1H2. The maximum Gasteiger partial charge on any atom is 0.304 e. The Labute approximate surface area is 162 Å². The van der Waals surface area contributed by atoms with Gasteiger partial charge in [-0.25, -0.2) is 4.98 Å². The van der Waals surface area contributed by atoms with Gasteiger partial charge in [0.1, 0.15) is 0 Å². The Morgan fingerprint density at radius 2 is 1.89 bits per heavy atom. The van der Waals surface area contributed by atoms with Crippen LogP contribution in [-0.4, -0.2) is 28.5 Å². The van der Waals surface area contributed by atoms with Gasteiger partial charge in [-0.05, 0) is 41.6 Å². The molecule has 2 N–H and O–H groups in total. The lowest BCUT2D eigenvalue weighted by atomic mass is 10.0. The molecule has 7 heteroatoms. The number of aromatic amines is 1. The van der Waals surface area contributed by atoms with E-state index >= 15 is 0 Å². The van der Waals surface area contributed by atoms with E-state index in [1.54, 1.807) is 24.5 Å². The van der Waals surface area contributed by atoms with Crippen LogP contribution in [0.3, 0.4) is 0 Å². The van der Waals surface area contributed by atoms with Crippen molar-refractivity contribution in [2.75, 3.05) is 18.0 Å². The molecule has 0 unspecified atom stereocenters. The van der Waals surface area contributed by atoms with Gasteiger partial charge in [0.2, 0.25) is 0 Å². The molecule has 0 radical (unpaired) electrons. The second kappa shape index (κ2) is 8.84. The maximum atomic E-state index is 11.0. The van der Waals surface area contributed by atoms with E-state index in [1.165, 1.54) is 5.57 Å². The molecule has 1 aliphatic heterocycles. The molecule has 28 heavy (non-hydrogen) atoms.